The third-order valence-corrected chi connectivity index (χ3v) is 8.55. The highest BCUT2D eigenvalue weighted by atomic mass is 16.5. The molecule has 0 aromatic carbocycles. The van der Waals surface area contributed by atoms with E-state index in [0.717, 1.165) is 51.7 Å². The Balaban J connectivity index is 4.18. The van der Waals surface area contributed by atoms with E-state index < -0.39 is 0 Å². The first kappa shape index (κ1) is 40.9. The number of unbranched alkanes of at least 4 members (excludes halogenated alkanes) is 19. The summed E-state index contributed by atoms with van der Waals surface area (Å²) in [7, 11) is 0. The predicted octanol–water partition coefficient (Wildman–Crippen LogP) is 11.0. The molecule has 0 atom stereocenters. The van der Waals surface area contributed by atoms with Crippen LogP contribution in [0.2, 0.25) is 0 Å². The van der Waals surface area contributed by atoms with E-state index in [9.17, 15) is 9.59 Å². The number of ether oxygens (including phenoxy) is 2. The fourth-order valence-corrected chi connectivity index (χ4v) is 5.82. The topological polar surface area (TPSA) is 55.8 Å². The number of rotatable bonds is 35. The largest absolute Gasteiger partial charge is 0.468 e. The van der Waals surface area contributed by atoms with Gasteiger partial charge in [-0.1, -0.05) is 136 Å². The zero-order valence-corrected chi connectivity index (χ0v) is 28.7. The summed E-state index contributed by atoms with van der Waals surface area (Å²) in [5.41, 5.74) is 0. The zero-order chi connectivity index (χ0) is 30.8. The molecule has 0 saturated heterocycles. The molecular formula is C37H73NO4. The number of carbonyl (C=O) groups excluding carboxylic acids is 2. The van der Waals surface area contributed by atoms with Crippen LogP contribution in [0.15, 0.2) is 0 Å². The third kappa shape index (κ3) is 30.4. The summed E-state index contributed by atoms with van der Waals surface area (Å²) in [6.45, 7) is 11.1. The number of hydrogen-bond donors (Lipinski definition) is 0. The van der Waals surface area contributed by atoms with Crippen LogP contribution in [0.4, 0.5) is 0 Å². The van der Waals surface area contributed by atoms with Crippen LogP contribution in [-0.4, -0.2) is 49.7 Å². The summed E-state index contributed by atoms with van der Waals surface area (Å²) in [4.78, 5) is 25.6. The van der Waals surface area contributed by atoms with Gasteiger partial charge < -0.3 is 14.4 Å². The van der Waals surface area contributed by atoms with Gasteiger partial charge in [-0.15, -0.1) is 0 Å². The number of nitrogens with zero attached hydrogens (tertiary/aromatic N) is 1. The molecule has 0 heterocycles. The monoisotopic (exact) mass is 596 g/mol. The van der Waals surface area contributed by atoms with E-state index in [1.165, 1.54) is 135 Å². The highest BCUT2D eigenvalue weighted by molar-refractivity contribution is 5.69. The molecular weight excluding hydrogens is 522 g/mol. The standard InChI is InChI=1S/C37H73NO4/c1-4-7-10-13-17-22-28-36(29-23-18-14-11-8-5-2)42-37(40)30-24-19-16-21-26-32-38(33-27-34-41-35-39)31-25-20-15-12-9-6-3/h35-36H,4-34H2,1-3H3. The third-order valence-electron chi connectivity index (χ3n) is 8.55. The second kappa shape index (κ2) is 34.4. The van der Waals surface area contributed by atoms with Crippen molar-refractivity contribution in [1.29, 1.82) is 0 Å². The Morgan fingerprint density at radius 1 is 0.548 bits per heavy atom. The van der Waals surface area contributed by atoms with Crippen LogP contribution in [0.3, 0.4) is 0 Å². The van der Waals surface area contributed by atoms with Gasteiger partial charge in [0.05, 0.1) is 6.61 Å². The van der Waals surface area contributed by atoms with Gasteiger partial charge in [-0.3, -0.25) is 9.59 Å². The fourth-order valence-electron chi connectivity index (χ4n) is 5.82. The summed E-state index contributed by atoms with van der Waals surface area (Å²) in [6.07, 6.45) is 32.8. The van der Waals surface area contributed by atoms with Crippen molar-refractivity contribution in [1.82, 2.24) is 4.90 Å². The van der Waals surface area contributed by atoms with Gasteiger partial charge in [0.2, 0.25) is 0 Å². The molecule has 0 N–H and O–H groups in total. The Bertz CT molecular complexity index is 540. The molecule has 5 heteroatoms. The first-order valence-electron chi connectivity index (χ1n) is 18.6. The number of carbonyl (C=O) groups is 2. The average molecular weight is 596 g/mol. The van der Waals surface area contributed by atoms with Crippen LogP contribution in [-0.2, 0) is 19.1 Å². The van der Waals surface area contributed by atoms with Gasteiger partial charge in [0.15, 0.2) is 0 Å². The van der Waals surface area contributed by atoms with E-state index in [4.69, 9.17) is 9.47 Å². The van der Waals surface area contributed by atoms with Crippen LogP contribution in [0, 0.1) is 0 Å². The minimum absolute atomic E-state index is 0.0274. The van der Waals surface area contributed by atoms with Crippen molar-refractivity contribution in [3.8, 4) is 0 Å². The molecule has 0 rings (SSSR count). The van der Waals surface area contributed by atoms with Crippen LogP contribution in [0.5, 0.6) is 0 Å². The van der Waals surface area contributed by atoms with Gasteiger partial charge in [-0.2, -0.15) is 0 Å². The second-order valence-electron chi connectivity index (χ2n) is 12.7. The van der Waals surface area contributed by atoms with E-state index >= 15 is 0 Å². The molecule has 0 aliphatic carbocycles. The molecule has 42 heavy (non-hydrogen) atoms. The highest BCUT2D eigenvalue weighted by Gasteiger charge is 2.14. The van der Waals surface area contributed by atoms with Crippen molar-refractivity contribution in [2.45, 2.75) is 200 Å². The smallest absolute Gasteiger partial charge is 0.306 e. The molecule has 0 aliphatic rings. The quantitative estimate of drug-likeness (QED) is 0.0414. The Labute approximate surface area is 262 Å². The van der Waals surface area contributed by atoms with E-state index in [0.29, 0.717) is 19.5 Å². The summed E-state index contributed by atoms with van der Waals surface area (Å²) in [5, 5.41) is 0. The Morgan fingerprint density at radius 3 is 1.43 bits per heavy atom. The van der Waals surface area contributed by atoms with Gasteiger partial charge >= 0.3 is 5.97 Å². The van der Waals surface area contributed by atoms with Crippen molar-refractivity contribution in [2.75, 3.05) is 26.2 Å². The van der Waals surface area contributed by atoms with Crippen molar-refractivity contribution < 1.29 is 19.1 Å². The van der Waals surface area contributed by atoms with Crippen LogP contribution in [0.1, 0.15) is 194 Å². The Kier molecular flexibility index (Phi) is 33.5. The first-order chi connectivity index (χ1) is 20.7. The van der Waals surface area contributed by atoms with Crippen molar-refractivity contribution in [3.63, 3.8) is 0 Å². The van der Waals surface area contributed by atoms with Crippen molar-refractivity contribution in [3.05, 3.63) is 0 Å². The van der Waals surface area contributed by atoms with E-state index in [1.54, 1.807) is 0 Å². The van der Waals surface area contributed by atoms with E-state index in [-0.39, 0.29) is 12.1 Å². The molecule has 0 unspecified atom stereocenters. The van der Waals surface area contributed by atoms with Crippen molar-refractivity contribution in [2.24, 2.45) is 0 Å². The maximum Gasteiger partial charge on any atom is 0.306 e. The van der Waals surface area contributed by atoms with Crippen LogP contribution >= 0.6 is 0 Å². The summed E-state index contributed by atoms with van der Waals surface area (Å²) in [5.74, 6) is 0.0274. The summed E-state index contributed by atoms with van der Waals surface area (Å²) < 4.78 is 10.9. The van der Waals surface area contributed by atoms with E-state index in [1.807, 2.05) is 0 Å². The van der Waals surface area contributed by atoms with Gasteiger partial charge in [-0.05, 0) is 64.5 Å². The molecule has 0 saturated carbocycles. The molecule has 0 radical (unpaired) electrons. The summed E-state index contributed by atoms with van der Waals surface area (Å²) in [6, 6.07) is 0. The molecule has 0 bridgehead atoms. The lowest BCUT2D eigenvalue weighted by atomic mass is 10.0. The van der Waals surface area contributed by atoms with Gasteiger partial charge in [0, 0.05) is 13.0 Å². The van der Waals surface area contributed by atoms with Gasteiger partial charge in [0.1, 0.15) is 6.10 Å². The molecule has 0 fully saturated rings. The molecule has 0 aromatic rings. The lowest BCUT2D eigenvalue weighted by Crippen LogP contribution is -2.28. The molecule has 250 valence electrons. The highest BCUT2D eigenvalue weighted by Crippen LogP contribution is 2.18. The second-order valence-corrected chi connectivity index (χ2v) is 12.7. The maximum absolute atomic E-state index is 12.6. The number of esters is 1. The molecule has 0 amide bonds. The average Bonchev–Trinajstić information content (AvgIpc) is 2.99. The Hall–Kier alpha value is -1.10. The zero-order valence-electron chi connectivity index (χ0n) is 28.7. The molecule has 0 spiro atoms. The SMILES string of the molecule is CCCCCCCCC(CCCCCCCC)OC(=O)CCCCCCCN(CCCCCCCC)CCCOC=O. The summed E-state index contributed by atoms with van der Waals surface area (Å²) >= 11 is 0. The van der Waals surface area contributed by atoms with Gasteiger partial charge in [0.25, 0.3) is 6.47 Å². The van der Waals surface area contributed by atoms with Crippen LogP contribution < -0.4 is 0 Å². The Morgan fingerprint density at radius 2 is 0.952 bits per heavy atom. The lowest BCUT2D eigenvalue weighted by molar-refractivity contribution is -0.150. The lowest BCUT2D eigenvalue weighted by Gasteiger charge is -2.22. The fraction of sp³-hybridized carbons (Fsp3) is 0.946. The first-order valence-corrected chi connectivity index (χ1v) is 18.6. The normalized spacial score (nSPS) is 11.5. The van der Waals surface area contributed by atoms with Crippen molar-refractivity contribution >= 4 is 12.4 Å². The minimum atomic E-state index is 0.0274. The molecule has 0 aromatic heterocycles. The minimum Gasteiger partial charge on any atom is -0.468 e. The number of hydrogen-bond acceptors (Lipinski definition) is 5. The van der Waals surface area contributed by atoms with E-state index in [2.05, 4.69) is 25.7 Å². The predicted molar refractivity (Wildman–Crippen MR) is 180 cm³/mol. The molecule has 5 nitrogen and oxygen atoms in total. The molecule has 0 aliphatic heterocycles. The van der Waals surface area contributed by atoms with Gasteiger partial charge in [-0.25, -0.2) is 0 Å². The van der Waals surface area contributed by atoms with Crippen LogP contribution in [0.25, 0.3) is 0 Å². The maximum atomic E-state index is 12.6.